The van der Waals surface area contributed by atoms with Crippen LogP contribution in [0.15, 0.2) is 42.5 Å². The molecule has 2 aromatic rings. The van der Waals surface area contributed by atoms with E-state index in [9.17, 15) is 23.2 Å². The predicted octanol–water partition coefficient (Wildman–Crippen LogP) is 3.36. The van der Waals surface area contributed by atoms with Crippen molar-refractivity contribution in [2.75, 3.05) is 26.8 Å². The van der Waals surface area contributed by atoms with Crippen LogP contribution >= 0.6 is 0 Å². The van der Waals surface area contributed by atoms with Gasteiger partial charge in [-0.05, 0) is 49.7 Å². The highest BCUT2D eigenvalue weighted by atomic mass is 19.1. The SMILES string of the molecule is CC[C@@H](C)NC(=O)[C@H]1COC2(CCN(C(=O)c3ccc(F)cc3F)CC2)N1C(=O)c1ccc(OC)cc1. The van der Waals surface area contributed by atoms with E-state index in [-0.39, 0.29) is 56.0 Å². The van der Waals surface area contributed by atoms with Crippen LogP contribution in [0.3, 0.4) is 0 Å². The fraction of sp³-hybridized carbons (Fsp3) is 0.444. The number of benzene rings is 2. The van der Waals surface area contributed by atoms with E-state index in [1.807, 2.05) is 13.8 Å². The van der Waals surface area contributed by atoms with Crippen molar-refractivity contribution >= 4 is 17.7 Å². The molecule has 1 N–H and O–H groups in total. The average Bonchev–Trinajstić information content (AvgIpc) is 3.26. The molecule has 0 aromatic heterocycles. The Morgan fingerprint density at radius 3 is 2.38 bits per heavy atom. The lowest BCUT2D eigenvalue weighted by Gasteiger charge is -2.44. The summed E-state index contributed by atoms with van der Waals surface area (Å²) in [6, 6.07) is 8.52. The maximum Gasteiger partial charge on any atom is 0.256 e. The van der Waals surface area contributed by atoms with Crippen LogP contribution in [0.5, 0.6) is 5.75 Å². The third-order valence-corrected chi connectivity index (χ3v) is 7.11. The lowest BCUT2D eigenvalue weighted by atomic mass is 9.96. The zero-order valence-electron chi connectivity index (χ0n) is 21.1. The summed E-state index contributed by atoms with van der Waals surface area (Å²) in [4.78, 5) is 42.8. The van der Waals surface area contributed by atoms with E-state index in [1.54, 1.807) is 24.3 Å². The molecule has 1 spiro atoms. The van der Waals surface area contributed by atoms with Crippen molar-refractivity contribution in [3.8, 4) is 5.75 Å². The fourth-order valence-corrected chi connectivity index (χ4v) is 4.77. The van der Waals surface area contributed by atoms with E-state index < -0.39 is 29.3 Å². The molecule has 0 bridgehead atoms. The Kier molecular flexibility index (Phi) is 7.77. The molecule has 2 aliphatic rings. The van der Waals surface area contributed by atoms with Crippen molar-refractivity contribution in [2.45, 2.75) is 50.9 Å². The smallest absolute Gasteiger partial charge is 0.256 e. The van der Waals surface area contributed by atoms with Crippen molar-refractivity contribution in [2.24, 2.45) is 0 Å². The number of nitrogens with one attached hydrogen (secondary N) is 1. The molecule has 0 saturated carbocycles. The van der Waals surface area contributed by atoms with Gasteiger partial charge in [0, 0.05) is 43.6 Å². The van der Waals surface area contributed by atoms with Crippen LogP contribution in [0.1, 0.15) is 53.8 Å². The maximum absolute atomic E-state index is 14.2. The zero-order chi connectivity index (χ0) is 26.7. The first-order valence-corrected chi connectivity index (χ1v) is 12.4. The highest BCUT2D eigenvalue weighted by molar-refractivity contribution is 5.99. The Hall–Kier alpha value is -3.53. The summed E-state index contributed by atoms with van der Waals surface area (Å²) in [6.45, 7) is 4.19. The van der Waals surface area contributed by atoms with Gasteiger partial charge in [0.1, 0.15) is 29.2 Å². The van der Waals surface area contributed by atoms with Crippen LogP contribution in [0.4, 0.5) is 8.78 Å². The summed E-state index contributed by atoms with van der Waals surface area (Å²) in [6.07, 6.45) is 1.20. The van der Waals surface area contributed by atoms with Crippen molar-refractivity contribution < 1.29 is 32.6 Å². The number of ether oxygens (including phenoxy) is 2. The molecule has 0 radical (unpaired) electrons. The van der Waals surface area contributed by atoms with E-state index >= 15 is 0 Å². The number of carbonyl (C=O) groups excluding carboxylic acids is 3. The Bertz CT molecular complexity index is 1170. The van der Waals surface area contributed by atoms with Crippen LogP contribution < -0.4 is 10.1 Å². The minimum Gasteiger partial charge on any atom is -0.497 e. The second-order valence-electron chi connectivity index (χ2n) is 9.41. The molecule has 4 rings (SSSR count). The van der Waals surface area contributed by atoms with Gasteiger partial charge in [-0.25, -0.2) is 8.78 Å². The van der Waals surface area contributed by atoms with E-state index in [0.717, 1.165) is 18.6 Å². The van der Waals surface area contributed by atoms with E-state index in [1.165, 1.54) is 16.9 Å². The number of hydrogen-bond acceptors (Lipinski definition) is 5. The summed E-state index contributed by atoms with van der Waals surface area (Å²) < 4.78 is 38.9. The second-order valence-corrected chi connectivity index (χ2v) is 9.41. The Morgan fingerprint density at radius 1 is 1.11 bits per heavy atom. The van der Waals surface area contributed by atoms with Crippen LogP contribution in [0.25, 0.3) is 0 Å². The van der Waals surface area contributed by atoms with Gasteiger partial charge in [0.25, 0.3) is 11.8 Å². The number of methoxy groups -OCH3 is 1. The third kappa shape index (κ3) is 5.29. The molecule has 2 aromatic carbocycles. The lowest BCUT2D eigenvalue weighted by Crippen LogP contribution is -2.60. The largest absolute Gasteiger partial charge is 0.497 e. The van der Waals surface area contributed by atoms with Gasteiger partial charge < -0.3 is 19.7 Å². The molecule has 2 saturated heterocycles. The topological polar surface area (TPSA) is 88.2 Å². The summed E-state index contributed by atoms with van der Waals surface area (Å²) in [5, 5.41) is 2.94. The minimum atomic E-state index is -1.10. The van der Waals surface area contributed by atoms with Crippen LogP contribution in [-0.4, -0.2) is 72.1 Å². The number of halogens is 2. The van der Waals surface area contributed by atoms with Crippen LogP contribution in [-0.2, 0) is 9.53 Å². The van der Waals surface area contributed by atoms with Gasteiger partial charge in [-0.15, -0.1) is 0 Å². The van der Waals surface area contributed by atoms with Crippen LogP contribution in [0, 0.1) is 11.6 Å². The van der Waals surface area contributed by atoms with Crippen molar-refractivity contribution in [3.05, 3.63) is 65.2 Å². The van der Waals surface area contributed by atoms with Gasteiger partial charge in [0.05, 0.1) is 19.3 Å². The molecular formula is C27H31F2N3O5. The maximum atomic E-state index is 14.2. The summed E-state index contributed by atoms with van der Waals surface area (Å²) in [5.41, 5.74) is -0.951. The normalized spacial score (nSPS) is 19.5. The summed E-state index contributed by atoms with van der Waals surface area (Å²) >= 11 is 0. The van der Waals surface area contributed by atoms with Gasteiger partial charge in [-0.1, -0.05) is 6.92 Å². The quantitative estimate of drug-likeness (QED) is 0.638. The highest BCUT2D eigenvalue weighted by Crippen LogP contribution is 2.39. The summed E-state index contributed by atoms with van der Waals surface area (Å²) in [5.74, 6) is -2.34. The number of amides is 3. The van der Waals surface area contributed by atoms with Gasteiger partial charge in [0.15, 0.2) is 0 Å². The van der Waals surface area contributed by atoms with Gasteiger partial charge in [-0.3, -0.25) is 19.3 Å². The van der Waals surface area contributed by atoms with Crippen molar-refractivity contribution in [1.82, 2.24) is 15.1 Å². The molecule has 8 nitrogen and oxygen atoms in total. The molecule has 37 heavy (non-hydrogen) atoms. The van der Waals surface area contributed by atoms with Gasteiger partial charge in [-0.2, -0.15) is 0 Å². The lowest BCUT2D eigenvalue weighted by molar-refractivity contribution is -0.128. The number of nitrogens with zero attached hydrogens (tertiary/aromatic N) is 2. The van der Waals surface area contributed by atoms with E-state index in [0.29, 0.717) is 17.4 Å². The molecule has 198 valence electrons. The standard InChI is InChI=1S/C27H31F2N3O5/c1-4-17(2)30-24(33)23-16-37-27(32(23)25(34)18-5-8-20(36-3)9-6-18)11-13-31(14-12-27)26(35)21-10-7-19(28)15-22(21)29/h5-10,15,17,23H,4,11-14,16H2,1-3H3,(H,30,33)/t17-,23-/m1/s1. The monoisotopic (exact) mass is 515 g/mol. The third-order valence-electron chi connectivity index (χ3n) is 7.11. The molecule has 2 heterocycles. The predicted molar refractivity (Wildman–Crippen MR) is 131 cm³/mol. The molecule has 0 aliphatic carbocycles. The first kappa shape index (κ1) is 26.5. The van der Waals surface area contributed by atoms with Crippen molar-refractivity contribution in [3.63, 3.8) is 0 Å². The first-order chi connectivity index (χ1) is 17.7. The van der Waals surface area contributed by atoms with E-state index in [4.69, 9.17) is 9.47 Å². The Morgan fingerprint density at radius 2 is 1.78 bits per heavy atom. The fourth-order valence-electron chi connectivity index (χ4n) is 4.77. The molecule has 10 heteroatoms. The van der Waals surface area contributed by atoms with Gasteiger partial charge >= 0.3 is 0 Å². The van der Waals surface area contributed by atoms with E-state index in [2.05, 4.69) is 5.32 Å². The molecule has 3 amide bonds. The molecule has 2 atom stereocenters. The molecular weight excluding hydrogens is 484 g/mol. The zero-order valence-corrected chi connectivity index (χ0v) is 21.1. The van der Waals surface area contributed by atoms with Gasteiger partial charge in [0.2, 0.25) is 5.91 Å². The second kappa shape index (κ2) is 10.8. The van der Waals surface area contributed by atoms with Crippen LogP contribution in [0.2, 0.25) is 0 Å². The molecule has 2 aliphatic heterocycles. The minimum absolute atomic E-state index is 0.0186. The number of likely N-dealkylation sites (tertiary alicyclic amines) is 1. The van der Waals surface area contributed by atoms with Crippen molar-refractivity contribution in [1.29, 1.82) is 0 Å². The average molecular weight is 516 g/mol. The Balaban J connectivity index is 1.58. The summed E-state index contributed by atoms with van der Waals surface area (Å²) in [7, 11) is 1.53. The first-order valence-electron chi connectivity index (χ1n) is 12.4. The number of hydrogen-bond donors (Lipinski definition) is 1. The molecule has 0 unspecified atom stereocenters. The number of carbonyl (C=O) groups is 3. The number of piperidine rings is 1. The number of rotatable bonds is 6. The highest BCUT2D eigenvalue weighted by Gasteiger charge is 2.54. The Labute approximate surface area is 214 Å². The molecule has 2 fully saturated rings.